The first-order valence-electron chi connectivity index (χ1n) is 7.31. The van der Waals surface area contributed by atoms with Crippen LogP contribution in [0, 0.1) is 0 Å². The third-order valence-electron chi connectivity index (χ3n) is 2.87. The van der Waals surface area contributed by atoms with E-state index >= 15 is 0 Å². The molecule has 1 rings (SSSR count). The van der Waals surface area contributed by atoms with Crippen molar-refractivity contribution < 1.29 is 29.0 Å². The van der Waals surface area contributed by atoms with Crippen molar-refractivity contribution >= 4 is 17.8 Å². The van der Waals surface area contributed by atoms with Crippen molar-refractivity contribution in [2.75, 3.05) is 13.2 Å². The van der Waals surface area contributed by atoms with Gasteiger partial charge in [-0.15, -0.1) is 0 Å². The standard InChI is InChI=1S/C16H20N2O6/c1-4-23-15(21)10(3)13(16(22)24-5-2)17-18-14(20)11-6-8-12(19)9-7-11/h6-9,17,19H,4-5H2,1-3H3,(H,18,20)/b13-10+. The van der Waals surface area contributed by atoms with Crippen molar-refractivity contribution in [3.8, 4) is 5.75 Å². The molecule has 0 spiro atoms. The minimum Gasteiger partial charge on any atom is -0.508 e. The van der Waals surface area contributed by atoms with E-state index in [0.29, 0.717) is 0 Å². The predicted octanol–water partition coefficient (Wildman–Crippen LogP) is 1.03. The average Bonchev–Trinajstić information content (AvgIpc) is 2.55. The second kappa shape index (κ2) is 9.19. The quantitative estimate of drug-likeness (QED) is 0.387. The molecule has 130 valence electrons. The van der Waals surface area contributed by atoms with E-state index in [1.165, 1.54) is 31.2 Å². The van der Waals surface area contributed by atoms with Crippen LogP contribution in [0.1, 0.15) is 31.1 Å². The SMILES string of the molecule is CCOC(=O)/C(C)=C(/NNC(=O)c1ccc(O)cc1)C(=O)OCC. The summed E-state index contributed by atoms with van der Waals surface area (Å²) in [6.07, 6.45) is 0. The Morgan fingerprint density at radius 1 is 0.958 bits per heavy atom. The largest absolute Gasteiger partial charge is 0.508 e. The van der Waals surface area contributed by atoms with E-state index in [4.69, 9.17) is 9.47 Å². The molecule has 0 saturated heterocycles. The highest BCUT2D eigenvalue weighted by atomic mass is 16.5. The van der Waals surface area contributed by atoms with Gasteiger partial charge in [0.15, 0.2) is 0 Å². The molecule has 0 aliphatic heterocycles. The second-order valence-corrected chi connectivity index (χ2v) is 4.57. The molecule has 8 heteroatoms. The number of amides is 1. The van der Waals surface area contributed by atoms with Gasteiger partial charge in [-0.05, 0) is 45.0 Å². The van der Waals surface area contributed by atoms with Gasteiger partial charge < -0.3 is 14.6 Å². The Kier molecular flexibility index (Phi) is 7.28. The van der Waals surface area contributed by atoms with Crippen molar-refractivity contribution in [3.63, 3.8) is 0 Å². The number of benzene rings is 1. The zero-order valence-corrected chi connectivity index (χ0v) is 13.7. The normalized spacial score (nSPS) is 11.1. The lowest BCUT2D eigenvalue weighted by molar-refractivity contribution is -0.142. The zero-order valence-electron chi connectivity index (χ0n) is 13.7. The number of carbonyl (C=O) groups excluding carboxylic acids is 3. The van der Waals surface area contributed by atoms with E-state index in [9.17, 15) is 19.5 Å². The highest BCUT2D eigenvalue weighted by Gasteiger charge is 2.20. The van der Waals surface area contributed by atoms with Crippen LogP contribution in [0.4, 0.5) is 0 Å². The summed E-state index contributed by atoms with van der Waals surface area (Å²) < 4.78 is 9.69. The number of hydrogen-bond acceptors (Lipinski definition) is 7. The highest BCUT2D eigenvalue weighted by Crippen LogP contribution is 2.10. The number of phenols is 1. The summed E-state index contributed by atoms with van der Waals surface area (Å²) in [5, 5.41) is 9.21. The van der Waals surface area contributed by atoms with E-state index in [-0.39, 0.29) is 35.8 Å². The van der Waals surface area contributed by atoms with Gasteiger partial charge in [-0.2, -0.15) is 0 Å². The molecule has 0 aliphatic carbocycles. The molecule has 0 unspecified atom stereocenters. The molecule has 0 saturated carbocycles. The Morgan fingerprint density at radius 2 is 1.50 bits per heavy atom. The van der Waals surface area contributed by atoms with E-state index < -0.39 is 17.8 Å². The van der Waals surface area contributed by atoms with Crippen LogP contribution in [0.15, 0.2) is 35.5 Å². The predicted molar refractivity (Wildman–Crippen MR) is 84.7 cm³/mol. The molecule has 1 aromatic carbocycles. The fraction of sp³-hybridized carbons (Fsp3) is 0.312. The lowest BCUT2D eigenvalue weighted by Gasteiger charge is -2.14. The minimum absolute atomic E-state index is 0.0183. The Hall–Kier alpha value is -3.03. The Balaban J connectivity index is 2.91. The molecule has 0 fully saturated rings. The highest BCUT2D eigenvalue weighted by molar-refractivity contribution is 6.00. The van der Waals surface area contributed by atoms with Crippen LogP contribution < -0.4 is 10.9 Å². The molecule has 0 aromatic heterocycles. The van der Waals surface area contributed by atoms with Gasteiger partial charge in [-0.3, -0.25) is 15.6 Å². The maximum absolute atomic E-state index is 12.0. The molecule has 0 radical (unpaired) electrons. The third kappa shape index (κ3) is 5.31. The first-order chi connectivity index (χ1) is 11.4. The fourth-order valence-electron chi connectivity index (χ4n) is 1.65. The smallest absolute Gasteiger partial charge is 0.356 e. The Labute approximate surface area is 139 Å². The first kappa shape index (κ1) is 19.0. The number of aromatic hydroxyl groups is 1. The molecule has 0 bridgehead atoms. The van der Waals surface area contributed by atoms with Crippen LogP contribution in [0.5, 0.6) is 5.75 Å². The van der Waals surface area contributed by atoms with Crippen LogP contribution in [-0.4, -0.2) is 36.2 Å². The van der Waals surface area contributed by atoms with Crippen LogP contribution in [0.25, 0.3) is 0 Å². The van der Waals surface area contributed by atoms with Crippen molar-refractivity contribution in [2.24, 2.45) is 0 Å². The number of carbonyl (C=O) groups is 3. The summed E-state index contributed by atoms with van der Waals surface area (Å²) in [6, 6.07) is 5.50. The lowest BCUT2D eigenvalue weighted by Crippen LogP contribution is -2.40. The molecule has 24 heavy (non-hydrogen) atoms. The van der Waals surface area contributed by atoms with Crippen molar-refractivity contribution in [2.45, 2.75) is 20.8 Å². The number of ether oxygens (including phenoxy) is 2. The molecular weight excluding hydrogens is 316 g/mol. The average molecular weight is 336 g/mol. The topological polar surface area (TPSA) is 114 Å². The number of hydrogen-bond donors (Lipinski definition) is 3. The van der Waals surface area contributed by atoms with Crippen molar-refractivity contribution in [3.05, 3.63) is 41.1 Å². The molecule has 1 aromatic rings. The first-order valence-corrected chi connectivity index (χ1v) is 7.31. The van der Waals surface area contributed by atoms with E-state index in [1.54, 1.807) is 13.8 Å². The van der Waals surface area contributed by atoms with Gasteiger partial charge in [0.2, 0.25) is 0 Å². The summed E-state index contributed by atoms with van der Waals surface area (Å²) >= 11 is 0. The van der Waals surface area contributed by atoms with E-state index in [0.717, 1.165) is 0 Å². The van der Waals surface area contributed by atoms with Crippen molar-refractivity contribution in [1.82, 2.24) is 10.9 Å². The van der Waals surface area contributed by atoms with E-state index in [2.05, 4.69) is 10.9 Å². The number of phenolic OH excluding ortho intramolecular Hbond substituents is 1. The molecule has 0 heterocycles. The zero-order chi connectivity index (χ0) is 18.1. The molecule has 3 N–H and O–H groups in total. The molecule has 8 nitrogen and oxygen atoms in total. The Bertz CT molecular complexity index is 636. The van der Waals surface area contributed by atoms with Gasteiger partial charge >= 0.3 is 11.9 Å². The van der Waals surface area contributed by atoms with Crippen molar-refractivity contribution in [1.29, 1.82) is 0 Å². The summed E-state index contributed by atoms with van der Waals surface area (Å²) in [7, 11) is 0. The summed E-state index contributed by atoms with van der Waals surface area (Å²) in [6.45, 7) is 4.88. The maximum atomic E-state index is 12.0. The fourth-order valence-corrected chi connectivity index (χ4v) is 1.65. The monoisotopic (exact) mass is 336 g/mol. The third-order valence-corrected chi connectivity index (χ3v) is 2.87. The van der Waals surface area contributed by atoms with Gasteiger partial charge in [-0.1, -0.05) is 0 Å². The Morgan fingerprint density at radius 3 is 2.04 bits per heavy atom. The van der Waals surface area contributed by atoms with Crippen LogP contribution in [0.2, 0.25) is 0 Å². The van der Waals surface area contributed by atoms with Crippen LogP contribution in [-0.2, 0) is 19.1 Å². The van der Waals surface area contributed by atoms with Gasteiger partial charge in [0.1, 0.15) is 11.4 Å². The van der Waals surface area contributed by atoms with Crippen LogP contribution >= 0.6 is 0 Å². The summed E-state index contributed by atoms with van der Waals surface area (Å²) in [5.41, 5.74) is 4.70. The van der Waals surface area contributed by atoms with Gasteiger partial charge in [0, 0.05) is 5.56 Å². The molecule has 0 aliphatic rings. The molecular formula is C16H20N2O6. The van der Waals surface area contributed by atoms with Gasteiger partial charge in [0.05, 0.1) is 18.8 Å². The number of rotatable bonds is 7. The van der Waals surface area contributed by atoms with Gasteiger partial charge in [-0.25, -0.2) is 9.59 Å². The summed E-state index contributed by atoms with van der Waals surface area (Å²) in [4.78, 5) is 35.7. The van der Waals surface area contributed by atoms with Gasteiger partial charge in [0.25, 0.3) is 5.91 Å². The minimum atomic E-state index is -0.797. The molecule has 0 atom stereocenters. The number of esters is 2. The summed E-state index contributed by atoms with van der Waals surface area (Å²) in [5.74, 6) is -2.04. The number of nitrogens with one attached hydrogen (secondary N) is 2. The van der Waals surface area contributed by atoms with Crippen LogP contribution in [0.3, 0.4) is 0 Å². The second-order valence-electron chi connectivity index (χ2n) is 4.57. The molecule has 1 amide bonds. The lowest BCUT2D eigenvalue weighted by atomic mass is 10.2. The van der Waals surface area contributed by atoms with E-state index in [1.807, 2.05) is 0 Å². The maximum Gasteiger partial charge on any atom is 0.356 e. The number of hydrazine groups is 1.